The van der Waals surface area contributed by atoms with E-state index in [9.17, 15) is 9.59 Å². The Hall–Kier alpha value is -1.64. The third-order valence-corrected chi connectivity index (χ3v) is 3.79. The van der Waals surface area contributed by atoms with Crippen molar-refractivity contribution in [2.45, 2.75) is 43.4 Å². The van der Waals surface area contributed by atoms with Gasteiger partial charge in [-0.3, -0.25) is 9.59 Å². The second-order valence-electron chi connectivity index (χ2n) is 4.35. The second kappa shape index (κ2) is 6.50. The van der Waals surface area contributed by atoms with Gasteiger partial charge in [0.2, 0.25) is 11.1 Å². The summed E-state index contributed by atoms with van der Waals surface area (Å²) in [6.45, 7) is -0.306. The summed E-state index contributed by atoms with van der Waals surface area (Å²) in [5, 5.41) is 22.6. The van der Waals surface area contributed by atoms with Crippen molar-refractivity contribution in [3.63, 3.8) is 0 Å². The fourth-order valence-electron chi connectivity index (χ4n) is 2.00. The third-order valence-electron chi connectivity index (χ3n) is 2.84. The molecule has 1 heterocycles. The average Bonchev–Trinajstić information content (AvgIpc) is 2.97. The van der Waals surface area contributed by atoms with Crippen molar-refractivity contribution in [3.8, 4) is 0 Å². The minimum absolute atomic E-state index is 0.0678. The number of hydrogen-bond acceptors (Lipinski definition) is 6. The van der Waals surface area contributed by atoms with Crippen molar-refractivity contribution in [2.24, 2.45) is 0 Å². The Bertz CT molecular complexity index is 458. The Balaban J connectivity index is 1.79. The van der Waals surface area contributed by atoms with Crippen LogP contribution in [0.5, 0.6) is 0 Å². The molecular formula is C10H15N5O3S. The maximum absolute atomic E-state index is 11.7. The van der Waals surface area contributed by atoms with Crippen LogP contribution >= 0.6 is 11.8 Å². The monoisotopic (exact) mass is 285 g/mol. The average molecular weight is 285 g/mol. The number of carbonyl (C=O) groups excluding carboxylic acids is 1. The van der Waals surface area contributed by atoms with Crippen LogP contribution in [0.4, 0.5) is 0 Å². The van der Waals surface area contributed by atoms with Crippen LogP contribution < -0.4 is 5.32 Å². The van der Waals surface area contributed by atoms with E-state index in [0.717, 1.165) is 42.1 Å². The minimum Gasteiger partial charge on any atom is -0.480 e. The SMILES string of the molecule is O=C(O)Cn1nnnc1SCC(=O)NC1CCCC1. The van der Waals surface area contributed by atoms with E-state index in [1.54, 1.807) is 0 Å². The first-order valence-electron chi connectivity index (χ1n) is 6.05. The Morgan fingerprint density at radius 3 is 2.84 bits per heavy atom. The van der Waals surface area contributed by atoms with E-state index in [1.807, 2.05) is 0 Å². The molecule has 8 nitrogen and oxygen atoms in total. The van der Waals surface area contributed by atoms with Gasteiger partial charge >= 0.3 is 5.97 Å². The second-order valence-corrected chi connectivity index (χ2v) is 5.29. The van der Waals surface area contributed by atoms with Crippen LogP contribution in [-0.4, -0.2) is 49.0 Å². The number of carboxylic acid groups (broad SMARTS) is 1. The zero-order chi connectivity index (χ0) is 13.7. The minimum atomic E-state index is -1.02. The Morgan fingerprint density at radius 1 is 1.42 bits per heavy atom. The summed E-state index contributed by atoms with van der Waals surface area (Å²) in [4.78, 5) is 22.3. The molecule has 104 valence electrons. The predicted octanol–water partition coefficient (Wildman–Crippen LogP) is -0.0914. The maximum atomic E-state index is 11.7. The van der Waals surface area contributed by atoms with Gasteiger partial charge in [0, 0.05) is 6.04 Å². The molecule has 1 aromatic heterocycles. The number of aromatic nitrogens is 4. The molecule has 1 aliphatic rings. The quantitative estimate of drug-likeness (QED) is 0.703. The van der Waals surface area contributed by atoms with Crippen molar-refractivity contribution >= 4 is 23.6 Å². The van der Waals surface area contributed by atoms with Crippen LogP contribution in [0.3, 0.4) is 0 Å². The molecule has 0 aliphatic heterocycles. The van der Waals surface area contributed by atoms with Crippen LogP contribution in [0, 0.1) is 0 Å². The Labute approximate surface area is 113 Å². The summed E-state index contributed by atoms with van der Waals surface area (Å²) < 4.78 is 1.16. The number of aliphatic carboxylic acids is 1. The highest BCUT2D eigenvalue weighted by Crippen LogP contribution is 2.18. The summed E-state index contributed by atoms with van der Waals surface area (Å²) in [6.07, 6.45) is 4.39. The highest BCUT2D eigenvalue weighted by Gasteiger charge is 2.18. The van der Waals surface area contributed by atoms with Crippen LogP contribution in [0.1, 0.15) is 25.7 Å². The van der Waals surface area contributed by atoms with Gasteiger partial charge in [0.05, 0.1) is 5.75 Å². The largest absolute Gasteiger partial charge is 0.480 e. The summed E-state index contributed by atoms with van der Waals surface area (Å²) >= 11 is 1.14. The van der Waals surface area contributed by atoms with E-state index >= 15 is 0 Å². The number of amides is 1. The van der Waals surface area contributed by atoms with E-state index in [0.29, 0.717) is 5.16 Å². The molecule has 0 aromatic carbocycles. The summed E-state index contributed by atoms with van der Waals surface area (Å²) in [7, 11) is 0. The first-order chi connectivity index (χ1) is 9.15. The lowest BCUT2D eigenvalue weighted by atomic mass is 10.2. The summed E-state index contributed by atoms with van der Waals surface area (Å²) in [5.74, 6) is -0.900. The third kappa shape index (κ3) is 4.19. The topological polar surface area (TPSA) is 110 Å². The van der Waals surface area contributed by atoms with Crippen molar-refractivity contribution in [2.75, 3.05) is 5.75 Å². The van der Waals surface area contributed by atoms with E-state index in [2.05, 4.69) is 20.8 Å². The molecule has 19 heavy (non-hydrogen) atoms. The number of tetrazole rings is 1. The van der Waals surface area contributed by atoms with Gasteiger partial charge in [-0.2, -0.15) is 0 Å². The van der Waals surface area contributed by atoms with Gasteiger partial charge in [-0.25, -0.2) is 4.68 Å². The molecule has 0 spiro atoms. The highest BCUT2D eigenvalue weighted by molar-refractivity contribution is 7.99. The Morgan fingerprint density at radius 2 is 2.16 bits per heavy atom. The fourth-order valence-corrected chi connectivity index (χ4v) is 2.68. The zero-order valence-corrected chi connectivity index (χ0v) is 11.1. The number of carbonyl (C=O) groups is 2. The van der Waals surface area contributed by atoms with Crippen LogP contribution in [-0.2, 0) is 16.1 Å². The molecule has 0 atom stereocenters. The summed E-state index contributed by atoms with van der Waals surface area (Å²) in [6, 6.07) is 0.281. The predicted molar refractivity (Wildman–Crippen MR) is 66.6 cm³/mol. The molecular weight excluding hydrogens is 270 g/mol. The van der Waals surface area contributed by atoms with Gasteiger partial charge in [-0.05, 0) is 23.3 Å². The number of thioether (sulfide) groups is 1. The molecule has 2 rings (SSSR count). The van der Waals surface area contributed by atoms with Gasteiger partial charge in [0.1, 0.15) is 6.54 Å². The number of hydrogen-bond donors (Lipinski definition) is 2. The van der Waals surface area contributed by atoms with Crippen LogP contribution in [0.2, 0.25) is 0 Å². The molecule has 0 unspecified atom stereocenters. The molecule has 0 radical (unpaired) electrons. The standard InChI is InChI=1S/C10H15N5O3S/c16-8(11-7-3-1-2-4-7)6-19-10-12-13-14-15(10)5-9(17)18/h7H,1-6H2,(H,11,16)(H,17,18). The van der Waals surface area contributed by atoms with Crippen molar-refractivity contribution < 1.29 is 14.7 Å². The van der Waals surface area contributed by atoms with Crippen molar-refractivity contribution in [3.05, 3.63) is 0 Å². The first kappa shape index (κ1) is 13.8. The molecule has 1 amide bonds. The molecule has 0 bridgehead atoms. The molecule has 2 N–H and O–H groups in total. The molecule has 9 heteroatoms. The molecule has 1 aromatic rings. The van der Waals surface area contributed by atoms with Gasteiger partial charge in [0.25, 0.3) is 0 Å². The lowest BCUT2D eigenvalue weighted by Gasteiger charge is -2.11. The van der Waals surface area contributed by atoms with Gasteiger partial charge < -0.3 is 10.4 Å². The van der Waals surface area contributed by atoms with Gasteiger partial charge in [0.15, 0.2) is 0 Å². The van der Waals surface area contributed by atoms with E-state index < -0.39 is 5.97 Å². The number of carboxylic acids is 1. The number of nitrogens with zero attached hydrogens (tertiary/aromatic N) is 4. The maximum Gasteiger partial charge on any atom is 0.325 e. The molecule has 0 saturated heterocycles. The number of nitrogens with one attached hydrogen (secondary N) is 1. The summed E-state index contributed by atoms with van der Waals surface area (Å²) in [5.41, 5.74) is 0. The smallest absolute Gasteiger partial charge is 0.325 e. The molecule has 1 aliphatic carbocycles. The fraction of sp³-hybridized carbons (Fsp3) is 0.700. The van der Waals surface area contributed by atoms with Crippen molar-refractivity contribution in [1.82, 2.24) is 25.5 Å². The lowest BCUT2D eigenvalue weighted by Crippen LogP contribution is -2.33. The van der Waals surface area contributed by atoms with Gasteiger partial charge in [-0.1, -0.05) is 24.6 Å². The molecule has 1 fully saturated rings. The van der Waals surface area contributed by atoms with E-state index in [1.165, 1.54) is 0 Å². The first-order valence-corrected chi connectivity index (χ1v) is 7.04. The highest BCUT2D eigenvalue weighted by atomic mass is 32.2. The van der Waals surface area contributed by atoms with Crippen LogP contribution in [0.25, 0.3) is 0 Å². The van der Waals surface area contributed by atoms with Crippen molar-refractivity contribution in [1.29, 1.82) is 0 Å². The Kier molecular flexibility index (Phi) is 4.72. The lowest BCUT2D eigenvalue weighted by molar-refractivity contribution is -0.138. The number of rotatable bonds is 6. The van der Waals surface area contributed by atoms with E-state index in [4.69, 9.17) is 5.11 Å². The van der Waals surface area contributed by atoms with Gasteiger partial charge in [-0.15, -0.1) is 5.10 Å². The zero-order valence-electron chi connectivity index (χ0n) is 10.3. The van der Waals surface area contributed by atoms with E-state index in [-0.39, 0.29) is 24.2 Å². The normalized spacial score (nSPS) is 15.6. The molecule has 1 saturated carbocycles. The van der Waals surface area contributed by atoms with Crippen LogP contribution in [0.15, 0.2) is 5.16 Å².